The molecule has 0 aliphatic rings. The maximum atomic E-state index is 15.7. The highest BCUT2D eigenvalue weighted by Crippen LogP contribution is 2.34. The molecule has 0 aliphatic heterocycles. The molecule has 0 bridgehead atoms. The highest BCUT2D eigenvalue weighted by atomic mass is 19.1. The van der Waals surface area contributed by atoms with Gasteiger partial charge in [0.25, 0.3) is 0 Å². The summed E-state index contributed by atoms with van der Waals surface area (Å²) in [7, 11) is 0. The van der Waals surface area contributed by atoms with Gasteiger partial charge in [-0.05, 0) is 50.6 Å². The average molecular weight is 563 g/mol. The van der Waals surface area contributed by atoms with E-state index in [-0.39, 0.29) is 36.6 Å². The number of nitrogens with one attached hydrogen (secondary N) is 2. The van der Waals surface area contributed by atoms with Crippen LogP contribution in [-0.2, 0) is 33.9 Å². The molecule has 0 radical (unpaired) electrons. The van der Waals surface area contributed by atoms with Crippen molar-refractivity contribution in [3.8, 4) is 16.9 Å². The highest BCUT2D eigenvalue weighted by Gasteiger charge is 2.19. The molecule has 10 heteroatoms. The van der Waals surface area contributed by atoms with Gasteiger partial charge in [0.1, 0.15) is 29.4 Å². The van der Waals surface area contributed by atoms with Gasteiger partial charge in [-0.15, -0.1) is 0 Å². The topological polar surface area (TPSA) is 127 Å². The third kappa shape index (κ3) is 7.63. The number of fused-ring (bicyclic) bond motifs is 1. The number of aliphatic carboxylic acids is 1. The number of hydrogen-bond donors (Lipinski definition) is 3. The number of furan rings is 1. The molecule has 9 nitrogen and oxygen atoms in total. The van der Waals surface area contributed by atoms with E-state index in [9.17, 15) is 19.5 Å². The third-order valence-corrected chi connectivity index (χ3v) is 5.93. The van der Waals surface area contributed by atoms with Crippen LogP contribution in [0.25, 0.3) is 22.1 Å². The fourth-order valence-corrected chi connectivity index (χ4v) is 4.27. The second kappa shape index (κ2) is 12.1. The van der Waals surface area contributed by atoms with Crippen molar-refractivity contribution in [2.75, 3.05) is 5.32 Å². The van der Waals surface area contributed by atoms with Crippen molar-refractivity contribution < 1.29 is 37.8 Å². The van der Waals surface area contributed by atoms with Crippen LogP contribution in [-0.4, -0.2) is 28.7 Å². The van der Waals surface area contributed by atoms with E-state index in [4.69, 9.17) is 13.9 Å². The van der Waals surface area contributed by atoms with Crippen molar-refractivity contribution >= 4 is 34.6 Å². The minimum atomic E-state index is -1.03. The Morgan fingerprint density at radius 1 is 1.00 bits per heavy atom. The van der Waals surface area contributed by atoms with E-state index in [0.29, 0.717) is 33.7 Å². The largest absolute Gasteiger partial charge is 0.489 e. The lowest BCUT2D eigenvalue weighted by Crippen LogP contribution is -2.32. The fourth-order valence-electron chi connectivity index (χ4n) is 4.27. The summed E-state index contributed by atoms with van der Waals surface area (Å²) in [4.78, 5) is 35.0. The van der Waals surface area contributed by atoms with E-state index in [1.165, 1.54) is 13.2 Å². The summed E-state index contributed by atoms with van der Waals surface area (Å²) in [5, 5.41) is 15.3. The molecule has 1 aromatic heterocycles. The predicted molar refractivity (Wildman–Crippen MR) is 151 cm³/mol. The van der Waals surface area contributed by atoms with Crippen LogP contribution in [0.15, 0.2) is 65.3 Å². The van der Waals surface area contributed by atoms with Gasteiger partial charge in [0.05, 0.1) is 12.7 Å². The molecular formula is C31H31FN2O7. The Bertz CT molecular complexity index is 1600. The van der Waals surface area contributed by atoms with Crippen LogP contribution in [0, 0.1) is 5.82 Å². The predicted octanol–water partition coefficient (Wildman–Crippen LogP) is 6.43. The van der Waals surface area contributed by atoms with Crippen molar-refractivity contribution in [3.05, 3.63) is 83.4 Å². The summed E-state index contributed by atoms with van der Waals surface area (Å²) in [6.07, 6.45) is 0.587. The molecule has 4 rings (SSSR count). The van der Waals surface area contributed by atoms with Crippen molar-refractivity contribution in [2.24, 2.45) is 0 Å². The maximum Gasteiger partial charge on any atom is 0.407 e. The van der Waals surface area contributed by atoms with Crippen LogP contribution in [0.4, 0.5) is 14.9 Å². The van der Waals surface area contributed by atoms with Gasteiger partial charge in [-0.25, -0.2) is 9.18 Å². The van der Waals surface area contributed by atoms with Crippen molar-refractivity contribution in [1.82, 2.24) is 5.32 Å². The first kappa shape index (κ1) is 29.1. The van der Waals surface area contributed by atoms with Crippen LogP contribution < -0.4 is 15.4 Å². The Labute approximate surface area is 236 Å². The number of carbonyl (C=O) groups excluding carboxylic acids is 2. The Morgan fingerprint density at radius 3 is 2.49 bits per heavy atom. The number of halogens is 1. The van der Waals surface area contributed by atoms with E-state index in [1.54, 1.807) is 69.3 Å². The molecule has 41 heavy (non-hydrogen) atoms. The molecule has 0 spiro atoms. The number of anilines is 1. The van der Waals surface area contributed by atoms with Gasteiger partial charge < -0.3 is 29.6 Å². The van der Waals surface area contributed by atoms with E-state index >= 15 is 4.39 Å². The van der Waals surface area contributed by atoms with E-state index in [0.717, 1.165) is 5.39 Å². The van der Waals surface area contributed by atoms with Crippen LogP contribution in [0.2, 0.25) is 0 Å². The zero-order chi connectivity index (χ0) is 29.7. The van der Waals surface area contributed by atoms with Gasteiger partial charge in [0.2, 0.25) is 5.91 Å². The third-order valence-electron chi connectivity index (χ3n) is 5.93. The number of amides is 2. The van der Waals surface area contributed by atoms with Crippen LogP contribution >= 0.6 is 0 Å². The first-order valence-electron chi connectivity index (χ1n) is 12.9. The number of hydrogen-bond acceptors (Lipinski definition) is 6. The second-order valence-corrected chi connectivity index (χ2v) is 10.5. The summed E-state index contributed by atoms with van der Waals surface area (Å²) in [6, 6.07) is 15.0. The number of carboxylic acid groups (broad SMARTS) is 1. The Balaban J connectivity index is 1.63. The van der Waals surface area contributed by atoms with Gasteiger partial charge in [0.15, 0.2) is 0 Å². The summed E-state index contributed by atoms with van der Waals surface area (Å²) in [5.74, 6) is -1.52. The standard InChI is InChI=1S/C31H31FN2O7/c1-18(35)34-23-9-8-20(14-27(36)37)26(15-23)40-17-19-12-21-10-11-39-29(21)25(13-19)24-7-5-6-22(28(24)32)16-33-30(38)41-31(2,3)4/h5-13,15H,14,16-17H2,1-4H3,(H,33,38)(H,34,35)(H,36,37). The Morgan fingerprint density at radius 2 is 1.78 bits per heavy atom. The maximum absolute atomic E-state index is 15.7. The van der Waals surface area contributed by atoms with Gasteiger partial charge >= 0.3 is 12.1 Å². The number of carbonyl (C=O) groups is 3. The van der Waals surface area contributed by atoms with Crippen LogP contribution in [0.3, 0.4) is 0 Å². The molecule has 0 unspecified atom stereocenters. The van der Waals surface area contributed by atoms with E-state index < -0.39 is 23.5 Å². The minimum Gasteiger partial charge on any atom is -0.489 e. The van der Waals surface area contributed by atoms with E-state index in [2.05, 4.69) is 10.6 Å². The molecule has 0 fully saturated rings. The molecule has 1 heterocycles. The molecule has 3 N–H and O–H groups in total. The number of ether oxygens (including phenoxy) is 2. The SMILES string of the molecule is CC(=O)Nc1ccc(CC(=O)O)c(OCc2cc(-c3cccc(CNC(=O)OC(C)(C)C)c3F)c3occc3c2)c1. The molecule has 4 aromatic rings. The molecule has 2 amide bonds. The Hall–Kier alpha value is -4.86. The summed E-state index contributed by atoms with van der Waals surface area (Å²) in [6.45, 7) is 6.56. The zero-order valence-electron chi connectivity index (χ0n) is 23.2. The first-order chi connectivity index (χ1) is 19.4. The molecule has 0 atom stereocenters. The smallest absolute Gasteiger partial charge is 0.407 e. The number of benzene rings is 3. The molecule has 0 saturated carbocycles. The van der Waals surface area contributed by atoms with Crippen molar-refractivity contribution in [2.45, 2.75) is 52.9 Å². The minimum absolute atomic E-state index is 0.0335. The monoisotopic (exact) mass is 562 g/mol. The number of rotatable bonds is 9. The van der Waals surface area contributed by atoms with Crippen LogP contribution in [0.1, 0.15) is 44.4 Å². The average Bonchev–Trinajstić information content (AvgIpc) is 3.35. The van der Waals surface area contributed by atoms with Gasteiger partial charge in [-0.2, -0.15) is 0 Å². The van der Waals surface area contributed by atoms with E-state index in [1.807, 2.05) is 6.07 Å². The van der Waals surface area contributed by atoms with Crippen molar-refractivity contribution in [1.29, 1.82) is 0 Å². The van der Waals surface area contributed by atoms with Gasteiger partial charge in [-0.1, -0.05) is 24.3 Å². The molecule has 3 aromatic carbocycles. The second-order valence-electron chi connectivity index (χ2n) is 10.5. The van der Waals surface area contributed by atoms with Crippen molar-refractivity contribution in [3.63, 3.8) is 0 Å². The quantitative estimate of drug-likeness (QED) is 0.215. The normalized spacial score (nSPS) is 11.2. The fraction of sp³-hybridized carbons (Fsp3) is 0.258. The lowest BCUT2D eigenvalue weighted by molar-refractivity contribution is -0.136. The number of carboxylic acids is 1. The molecule has 214 valence electrons. The van der Waals surface area contributed by atoms with Gasteiger partial charge in [0, 0.05) is 52.9 Å². The lowest BCUT2D eigenvalue weighted by atomic mass is 9.98. The lowest BCUT2D eigenvalue weighted by Gasteiger charge is -2.20. The molecule has 0 aliphatic carbocycles. The molecule has 0 saturated heterocycles. The Kier molecular flexibility index (Phi) is 8.61. The van der Waals surface area contributed by atoms with Gasteiger partial charge in [-0.3, -0.25) is 9.59 Å². The first-order valence-corrected chi connectivity index (χ1v) is 12.9. The summed E-state index contributed by atoms with van der Waals surface area (Å²) in [5.41, 5.74) is 2.40. The zero-order valence-corrected chi connectivity index (χ0v) is 23.2. The van der Waals surface area contributed by atoms with Crippen LogP contribution in [0.5, 0.6) is 5.75 Å². The number of alkyl carbamates (subject to hydrolysis) is 1. The molecular weight excluding hydrogens is 531 g/mol. The highest BCUT2D eigenvalue weighted by molar-refractivity contribution is 5.93. The summed E-state index contributed by atoms with van der Waals surface area (Å²) >= 11 is 0. The summed E-state index contributed by atoms with van der Waals surface area (Å²) < 4.78 is 32.7.